The quantitative estimate of drug-likeness (QED) is 0.798. The third-order valence-electron chi connectivity index (χ3n) is 2.02. The van der Waals surface area contributed by atoms with Gasteiger partial charge in [-0.1, -0.05) is 35.0 Å². The summed E-state index contributed by atoms with van der Waals surface area (Å²) in [4.78, 5) is 2.17. The molecule has 0 bridgehead atoms. The van der Waals surface area contributed by atoms with Crippen molar-refractivity contribution >= 4 is 40.7 Å². The highest BCUT2D eigenvalue weighted by atomic mass is 35.5. The monoisotopic (exact) mass is 269 g/mol. The van der Waals surface area contributed by atoms with Crippen molar-refractivity contribution < 1.29 is 0 Å². The standard InChI is InChI=1S/C12H9Cl2NS/c13-8-1-3-9(4-2-8)16-10-5-6-12(15)11(14)7-10/h1-7H,15H2. The lowest BCUT2D eigenvalue weighted by atomic mass is 10.3. The average Bonchev–Trinajstić information content (AvgIpc) is 2.27. The normalized spacial score (nSPS) is 10.4. The van der Waals surface area contributed by atoms with E-state index in [0.717, 1.165) is 14.8 Å². The van der Waals surface area contributed by atoms with Crippen molar-refractivity contribution in [3.05, 3.63) is 52.5 Å². The van der Waals surface area contributed by atoms with Crippen LogP contribution in [0.5, 0.6) is 0 Å². The first kappa shape index (κ1) is 11.6. The number of nitrogen functional groups attached to an aromatic ring is 1. The third kappa shape index (κ3) is 2.85. The smallest absolute Gasteiger partial charge is 0.0646 e. The van der Waals surface area contributed by atoms with E-state index in [4.69, 9.17) is 28.9 Å². The Kier molecular flexibility index (Phi) is 3.64. The first-order valence-corrected chi connectivity index (χ1v) is 6.21. The highest BCUT2D eigenvalue weighted by molar-refractivity contribution is 7.99. The van der Waals surface area contributed by atoms with Gasteiger partial charge in [0.1, 0.15) is 0 Å². The van der Waals surface area contributed by atoms with Gasteiger partial charge in [-0.05, 0) is 42.5 Å². The van der Waals surface area contributed by atoms with Crippen molar-refractivity contribution in [1.29, 1.82) is 0 Å². The Labute approximate surface area is 109 Å². The molecule has 0 heterocycles. The Morgan fingerprint density at radius 2 is 1.50 bits per heavy atom. The van der Waals surface area contributed by atoms with Crippen LogP contribution in [-0.2, 0) is 0 Å². The number of benzene rings is 2. The molecular weight excluding hydrogens is 261 g/mol. The van der Waals surface area contributed by atoms with Gasteiger partial charge in [0.2, 0.25) is 0 Å². The highest BCUT2D eigenvalue weighted by Crippen LogP contribution is 2.32. The van der Waals surface area contributed by atoms with E-state index in [1.807, 2.05) is 36.4 Å². The maximum atomic E-state index is 5.95. The van der Waals surface area contributed by atoms with Gasteiger partial charge in [0.05, 0.1) is 10.7 Å². The molecule has 0 aliphatic rings. The van der Waals surface area contributed by atoms with Gasteiger partial charge in [0.15, 0.2) is 0 Å². The van der Waals surface area contributed by atoms with Crippen LogP contribution in [-0.4, -0.2) is 0 Å². The minimum absolute atomic E-state index is 0.582. The molecule has 16 heavy (non-hydrogen) atoms. The summed E-state index contributed by atoms with van der Waals surface area (Å²) in [5.41, 5.74) is 6.24. The molecule has 0 radical (unpaired) electrons. The molecule has 2 N–H and O–H groups in total. The first-order chi connectivity index (χ1) is 7.65. The van der Waals surface area contributed by atoms with E-state index in [9.17, 15) is 0 Å². The van der Waals surface area contributed by atoms with E-state index in [2.05, 4.69) is 0 Å². The lowest BCUT2D eigenvalue weighted by molar-refractivity contribution is 1.41. The summed E-state index contributed by atoms with van der Waals surface area (Å²) in [5.74, 6) is 0. The lowest BCUT2D eigenvalue weighted by Gasteiger charge is -2.04. The molecule has 0 spiro atoms. The highest BCUT2D eigenvalue weighted by Gasteiger charge is 2.01. The van der Waals surface area contributed by atoms with Gasteiger partial charge in [-0.25, -0.2) is 0 Å². The van der Waals surface area contributed by atoms with E-state index >= 15 is 0 Å². The van der Waals surface area contributed by atoms with E-state index in [0.29, 0.717) is 10.7 Å². The zero-order chi connectivity index (χ0) is 11.5. The summed E-state index contributed by atoms with van der Waals surface area (Å²) in [5, 5.41) is 1.32. The maximum Gasteiger partial charge on any atom is 0.0646 e. The molecule has 0 aromatic heterocycles. The molecule has 1 nitrogen and oxygen atoms in total. The molecule has 0 amide bonds. The second-order valence-electron chi connectivity index (χ2n) is 3.24. The van der Waals surface area contributed by atoms with Crippen LogP contribution in [0.25, 0.3) is 0 Å². The lowest BCUT2D eigenvalue weighted by Crippen LogP contribution is -1.85. The molecule has 0 saturated carbocycles. The van der Waals surface area contributed by atoms with Crippen LogP contribution in [0.1, 0.15) is 0 Å². The van der Waals surface area contributed by atoms with Crippen LogP contribution < -0.4 is 5.73 Å². The molecule has 0 aliphatic heterocycles. The Morgan fingerprint density at radius 3 is 2.12 bits per heavy atom. The van der Waals surface area contributed by atoms with Crippen molar-refractivity contribution in [2.75, 3.05) is 5.73 Å². The van der Waals surface area contributed by atoms with Gasteiger partial charge in [-0.2, -0.15) is 0 Å². The summed E-state index contributed by atoms with van der Waals surface area (Å²) in [6, 6.07) is 13.3. The van der Waals surface area contributed by atoms with Crippen LogP contribution in [0, 0.1) is 0 Å². The topological polar surface area (TPSA) is 26.0 Å². The molecule has 2 aromatic carbocycles. The van der Waals surface area contributed by atoms with E-state index < -0.39 is 0 Å². The second-order valence-corrected chi connectivity index (χ2v) is 5.23. The van der Waals surface area contributed by atoms with Gasteiger partial charge in [0, 0.05) is 14.8 Å². The Morgan fingerprint density at radius 1 is 0.875 bits per heavy atom. The number of rotatable bonds is 2. The molecule has 0 aliphatic carbocycles. The van der Waals surface area contributed by atoms with Gasteiger partial charge in [-0.15, -0.1) is 0 Å². The summed E-state index contributed by atoms with van der Waals surface area (Å²) in [6.45, 7) is 0. The predicted molar refractivity (Wildman–Crippen MR) is 71.4 cm³/mol. The van der Waals surface area contributed by atoms with Crippen molar-refractivity contribution in [2.45, 2.75) is 9.79 Å². The largest absolute Gasteiger partial charge is 0.398 e. The minimum atomic E-state index is 0.582. The third-order valence-corrected chi connectivity index (χ3v) is 3.60. The molecule has 2 rings (SSSR count). The zero-order valence-corrected chi connectivity index (χ0v) is 10.6. The number of halogens is 2. The fourth-order valence-electron chi connectivity index (χ4n) is 1.21. The molecule has 0 saturated heterocycles. The van der Waals surface area contributed by atoms with Crippen molar-refractivity contribution in [1.82, 2.24) is 0 Å². The predicted octanol–water partition coefficient (Wildman–Crippen LogP) is 4.73. The Hall–Kier alpha value is -0.830. The zero-order valence-electron chi connectivity index (χ0n) is 8.28. The number of nitrogens with two attached hydrogens (primary N) is 1. The van der Waals surface area contributed by atoms with Crippen LogP contribution >= 0.6 is 35.0 Å². The molecule has 82 valence electrons. The van der Waals surface area contributed by atoms with Crippen LogP contribution in [0.2, 0.25) is 10.0 Å². The Balaban J connectivity index is 2.20. The van der Waals surface area contributed by atoms with E-state index in [-0.39, 0.29) is 0 Å². The van der Waals surface area contributed by atoms with Crippen LogP contribution in [0.4, 0.5) is 5.69 Å². The van der Waals surface area contributed by atoms with Crippen molar-refractivity contribution in [2.24, 2.45) is 0 Å². The fourth-order valence-corrected chi connectivity index (χ4v) is 2.44. The van der Waals surface area contributed by atoms with Gasteiger partial charge in [0.25, 0.3) is 0 Å². The van der Waals surface area contributed by atoms with Crippen molar-refractivity contribution in [3.63, 3.8) is 0 Å². The SMILES string of the molecule is Nc1ccc(Sc2ccc(Cl)cc2)cc1Cl. The molecular formula is C12H9Cl2NS. The molecule has 4 heteroatoms. The molecule has 0 fully saturated rings. The van der Waals surface area contributed by atoms with Gasteiger partial charge >= 0.3 is 0 Å². The molecule has 2 aromatic rings. The minimum Gasteiger partial charge on any atom is -0.398 e. The Bertz CT molecular complexity index is 497. The summed E-state index contributed by atoms with van der Waals surface area (Å²) >= 11 is 13.4. The second kappa shape index (κ2) is 5.00. The summed E-state index contributed by atoms with van der Waals surface area (Å²) in [6.07, 6.45) is 0. The van der Waals surface area contributed by atoms with E-state index in [1.54, 1.807) is 17.8 Å². The van der Waals surface area contributed by atoms with Gasteiger partial charge in [-0.3, -0.25) is 0 Å². The van der Waals surface area contributed by atoms with Crippen LogP contribution in [0.15, 0.2) is 52.3 Å². The van der Waals surface area contributed by atoms with Crippen LogP contribution in [0.3, 0.4) is 0 Å². The number of hydrogen-bond acceptors (Lipinski definition) is 2. The molecule has 0 atom stereocenters. The fraction of sp³-hybridized carbons (Fsp3) is 0. The number of anilines is 1. The number of hydrogen-bond donors (Lipinski definition) is 1. The first-order valence-electron chi connectivity index (χ1n) is 4.63. The summed E-state index contributed by atoms with van der Waals surface area (Å²) in [7, 11) is 0. The maximum absolute atomic E-state index is 5.95. The van der Waals surface area contributed by atoms with Gasteiger partial charge < -0.3 is 5.73 Å². The van der Waals surface area contributed by atoms with E-state index in [1.165, 1.54) is 0 Å². The summed E-state index contributed by atoms with van der Waals surface area (Å²) < 4.78 is 0. The molecule has 0 unspecified atom stereocenters. The van der Waals surface area contributed by atoms with Crippen molar-refractivity contribution in [3.8, 4) is 0 Å². The average molecular weight is 270 g/mol.